The normalized spacial score (nSPS) is 39.2. The number of aliphatic hydroxyl groups excluding tert-OH is 1. The number of hydrogen-bond donors (Lipinski definition) is 1. The fourth-order valence-corrected chi connectivity index (χ4v) is 3.78. The van der Waals surface area contributed by atoms with Crippen molar-refractivity contribution in [3.05, 3.63) is 0 Å². The molecule has 0 radical (unpaired) electrons. The molecule has 1 aliphatic carbocycles. The molecule has 3 atom stereocenters. The molecule has 0 aromatic heterocycles. The van der Waals surface area contributed by atoms with Crippen LogP contribution >= 0.6 is 0 Å². The highest BCUT2D eigenvalue weighted by atomic mass is 16.7. The van der Waals surface area contributed by atoms with Crippen molar-refractivity contribution in [2.45, 2.75) is 43.6 Å². The molecular weight excluding hydrogens is 246 g/mol. The Hall–Kier alpha value is -0.200. The van der Waals surface area contributed by atoms with Gasteiger partial charge in [-0.15, -0.1) is 0 Å². The van der Waals surface area contributed by atoms with Crippen LogP contribution in [0.25, 0.3) is 0 Å². The van der Waals surface area contributed by atoms with Gasteiger partial charge in [-0.25, -0.2) is 0 Å². The Morgan fingerprint density at radius 2 is 2.11 bits per heavy atom. The van der Waals surface area contributed by atoms with Gasteiger partial charge in [-0.3, -0.25) is 4.90 Å². The van der Waals surface area contributed by atoms with Gasteiger partial charge in [0.1, 0.15) is 0 Å². The lowest BCUT2D eigenvalue weighted by molar-refractivity contribution is -0.204. The summed E-state index contributed by atoms with van der Waals surface area (Å²) in [5, 5.41) is 10.3. The van der Waals surface area contributed by atoms with Crippen molar-refractivity contribution in [1.82, 2.24) is 4.90 Å². The van der Waals surface area contributed by atoms with E-state index in [9.17, 15) is 5.11 Å². The zero-order valence-corrected chi connectivity index (χ0v) is 11.7. The minimum absolute atomic E-state index is 0.175. The van der Waals surface area contributed by atoms with Crippen LogP contribution in [0.1, 0.15) is 25.7 Å². The highest BCUT2D eigenvalue weighted by molar-refractivity contribution is 4.95. The van der Waals surface area contributed by atoms with Gasteiger partial charge in [-0.1, -0.05) is 0 Å². The number of aliphatic hydroxyl groups is 1. The van der Waals surface area contributed by atoms with Crippen LogP contribution in [0.4, 0.5) is 0 Å². The lowest BCUT2D eigenvalue weighted by atomic mass is 9.86. The van der Waals surface area contributed by atoms with Gasteiger partial charge >= 0.3 is 0 Å². The Balaban J connectivity index is 1.62. The molecular formula is C14H25NO4. The SMILES string of the molecule is COCC1CCN(C2CC3(CCC2O)OCCO3)C1. The zero-order valence-electron chi connectivity index (χ0n) is 11.7. The molecule has 2 aliphatic heterocycles. The van der Waals surface area contributed by atoms with E-state index in [2.05, 4.69) is 4.90 Å². The van der Waals surface area contributed by atoms with E-state index in [-0.39, 0.29) is 12.1 Å². The summed E-state index contributed by atoms with van der Waals surface area (Å²) in [6.45, 7) is 4.26. The largest absolute Gasteiger partial charge is 0.391 e. The summed E-state index contributed by atoms with van der Waals surface area (Å²) < 4.78 is 16.9. The first kappa shape index (κ1) is 13.8. The minimum atomic E-state index is -0.413. The Kier molecular flexibility index (Phi) is 4.10. The van der Waals surface area contributed by atoms with Crippen LogP contribution < -0.4 is 0 Å². The summed E-state index contributed by atoms with van der Waals surface area (Å²) in [6, 6.07) is 0.175. The summed E-state index contributed by atoms with van der Waals surface area (Å²) in [4.78, 5) is 2.40. The van der Waals surface area contributed by atoms with Crippen molar-refractivity contribution in [3.63, 3.8) is 0 Å². The van der Waals surface area contributed by atoms with E-state index in [4.69, 9.17) is 14.2 Å². The summed E-state index contributed by atoms with van der Waals surface area (Å²) >= 11 is 0. The first-order chi connectivity index (χ1) is 9.22. The maximum atomic E-state index is 10.3. The Labute approximate surface area is 114 Å². The standard InChI is InChI=1S/C14H25NO4/c1-17-10-11-3-5-15(9-11)12-8-14(4-2-13(12)16)18-6-7-19-14/h11-13,16H,2-10H2,1H3. The van der Waals surface area contributed by atoms with Crippen molar-refractivity contribution in [2.24, 2.45) is 5.92 Å². The van der Waals surface area contributed by atoms with Crippen molar-refractivity contribution in [2.75, 3.05) is 40.0 Å². The predicted molar refractivity (Wildman–Crippen MR) is 69.8 cm³/mol. The monoisotopic (exact) mass is 271 g/mol. The Bertz CT molecular complexity index is 306. The number of likely N-dealkylation sites (tertiary alicyclic amines) is 1. The molecule has 3 unspecified atom stereocenters. The quantitative estimate of drug-likeness (QED) is 0.815. The van der Waals surface area contributed by atoms with Crippen LogP contribution in [-0.2, 0) is 14.2 Å². The molecule has 0 bridgehead atoms. The zero-order chi connectivity index (χ0) is 13.3. The number of methoxy groups -OCH3 is 1. The smallest absolute Gasteiger partial charge is 0.170 e. The summed E-state index contributed by atoms with van der Waals surface area (Å²) in [7, 11) is 1.76. The van der Waals surface area contributed by atoms with Gasteiger partial charge < -0.3 is 19.3 Å². The third-order valence-corrected chi connectivity index (χ3v) is 4.79. The Morgan fingerprint density at radius 1 is 1.32 bits per heavy atom. The molecule has 3 fully saturated rings. The second-order valence-electron chi connectivity index (χ2n) is 6.09. The third kappa shape index (κ3) is 2.81. The lowest BCUT2D eigenvalue weighted by Crippen LogP contribution is -2.52. The Morgan fingerprint density at radius 3 is 2.84 bits per heavy atom. The van der Waals surface area contributed by atoms with Crippen molar-refractivity contribution in [1.29, 1.82) is 0 Å². The van der Waals surface area contributed by atoms with Crippen LogP contribution in [0.5, 0.6) is 0 Å². The van der Waals surface area contributed by atoms with E-state index in [1.807, 2.05) is 0 Å². The second-order valence-corrected chi connectivity index (χ2v) is 6.09. The number of rotatable bonds is 3. The highest BCUT2D eigenvalue weighted by Gasteiger charge is 2.47. The molecule has 2 heterocycles. The maximum absolute atomic E-state index is 10.3. The molecule has 0 aromatic carbocycles. The van der Waals surface area contributed by atoms with Crippen LogP contribution in [-0.4, -0.2) is 68.0 Å². The van der Waals surface area contributed by atoms with Gasteiger partial charge in [0.2, 0.25) is 0 Å². The van der Waals surface area contributed by atoms with Gasteiger partial charge in [-0.2, -0.15) is 0 Å². The van der Waals surface area contributed by atoms with Gasteiger partial charge in [0.15, 0.2) is 5.79 Å². The van der Waals surface area contributed by atoms with Crippen LogP contribution in [0.15, 0.2) is 0 Å². The first-order valence-corrected chi connectivity index (χ1v) is 7.41. The maximum Gasteiger partial charge on any atom is 0.170 e. The van der Waals surface area contributed by atoms with Crippen molar-refractivity contribution >= 4 is 0 Å². The van der Waals surface area contributed by atoms with Gasteiger partial charge in [0, 0.05) is 32.5 Å². The fraction of sp³-hybridized carbons (Fsp3) is 1.00. The minimum Gasteiger partial charge on any atom is -0.391 e. The van der Waals surface area contributed by atoms with Crippen molar-refractivity contribution < 1.29 is 19.3 Å². The van der Waals surface area contributed by atoms with Crippen molar-refractivity contribution in [3.8, 4) is 0 Å². The van der Waals surface area contributed by atoms with E-state index < -0.39 is 5.79 Å². The summed E-state index contributed by atoms with van der Waals surface area (Å²) in [5.41, 5.74) is 0. The third-order valence-electron chi connectivity index (χ3n) is 4.79. The number of ether oxygens (including phenoxy) is 3. The number of hydrogen-bond acceptors (Lipinski definition) is 5. The molecule has 1 saturated carbocycles. The summed E-state index contributed by atoms with van der Waals surface area (Å²) in [6.07, 6.45) is 3.30. The van der Waals surface area contributed by atoms with E-state index in [1.165, 1.54) is 0 Å². The molecule has 2 saturated heterocycles. The topological polar surface area (TPSA) is 51.2 Å². The molecule has 3 rings (SSSR count). The number of nitrogens with zero attached hydrogens (tertiary/aromatic N) is 1. The molecule has 1 N–H and O–H groups in total. The summed E-state index contributed by atoms with van der Waals surface area (Å²) in [5.74, 6) is 0.184. The molecule has 1 spiro atoms. The van der Waals surface area contributed by atoms with E-state index >= 15 is 0 Å². The average Bonchev–Trinajstić information content (AvgIpc) is 3.03. The first-order valence-electron chi connectivity index (χ1n) is 7.41. The van der Waals surface area contributed by atoms with Gasteiger partial charge in [-0.05, 0) is 25.3 Å². The highest BCUT2D eigenvalue weighted by Crippen LogP contribution is 2.39. The fourth-order valence-electron chi connectivity index (χ4n) is 3.78. The molecule has 3 aliphatic rings. The molecule has 5 nitrogen and oxygen atoms in total. The van der Waals surface area contributed by atoms with E-state index in [1.54, 1.807) is 7.11 Å². The van der Waals surface area contributed by atoms with Crippen LogP contribution in [0.2, 0.25) is 0 Å². The lowest BCUT2D eigenvalue weighted by Gasteiger charge is -2.43. The second kappa shape index (κ2) is 5.66. The van der Waals surface area contributed by atoms with Gasteiger partial charge in [0.25, 0.3) is 0 Å². The van der Waals surface area contributed by atoms with E-state index in [0.29, 0.717) is 19.1 Å². The van der Waals surface area contributed by atoms with Crippen LogP contribution in [0.3, 0.4) is 0 Å². The molecule has 5 heteroatoms. The van der Waals surface area contributed by atoms with E-state index in [0.717, 1.165) is 45.4 Å². The molecule has 110 valence electrons. The molecule has 19 heavy (non-hydrogen) atoms. The predicted octanol–water partition coefficient (Wildman–Crippen LogP) is 0.611. The van der Waals surface area contributed by atoms with Crippen LogP contribution in [0, 0.1) is 5.92 Å². The van der Waals surface area contributed by atoms with Gasteiger partial charge in [0.05, 0.1) is 25.9 Å². The average molecular weight is 271 g/mol. The molecule has 0 amide bonds. The molecule has 0 aromatic rings.